The lowest BCUT2D eigenvalue weighted by Gasteiger charge is -2.26. The van der Waals surface area contributed by atoms with Gasteiger partial charge in [-0.3, -0.25) is 9.78 Å². The molecule has 0 radical (unpaired) electrons. The maximum Gasteiger partial charge on any atom is 0.166 e. The molecule has 1 rings (SSSR count). The van der Waals surface area contributed by atoms with Gasteiger partial charge in [0, 0.05) is 12.6 Å². The zero-order valence-corrected chi connectivity index (χ0v) is 10.2. The van der Waals surface area contributed by atoms with Crippen LogP contribution >= 0.6 is 0 Å². The number of hydrogen-bond acceptors (Lipinski definition) is 2. The summed E-state index contributed by atoms with van der Waals surface area (Å²) in [5.74, 6) is -0.469. The van der Waals surface area contributed by atoms with Gasteiger partial charge in [0.1, 0.15) is 0 Å². The van der Waals surface area contributed by atoms with Gasteiger partial charge in [-0.05, 0) is 17.4 Å². The Labute approximate surface area is 95.9 Å². The van der Waals surface area contributed by atoms with Crippen LogP contribution in [0.5, 0.6) is 0 Å². The Morgan fingerprint density at radius 3 is 2.62 bits per heavy atom. The molecule has 0 aliphatic carbocycles. The normalized spacial score (nSPS) is 13.6. The van der Waals surface area contributed by atoms with Crippen LogP contribution in [-0.2, 0) is 0 Å². The molecule has 0 aliphatic rings. The SMILES string of the molecule is CC(CC(=O)c1ccncc1F)C(C)(C)C. The van der Waals surface area contributed by atoms with E-state index in [2.05, 4.69) is 25.8 Å². The molecule has 0 aromatic carbocycles. The third-order valence-corrected chi connectivity index (χ3v) is 3.04. The number of carbonyl (C=O) groups excluding carboxylic acids is 1. The summed E-state index contributed by atoms with van der Waals surface area (Å²) in [6.45, 7) is 8.24. The summed E-state index contributed by atoms with van der Waals surface area (Å²) in [6.07, 6.45) is 2.89. The Morgan fingerprint density at radius 2 is 2.12 bits per heavy atom. The van der Waals surface area contributed by atoms with Gasteiger partial charge in [-0.1, -0.05) is 27.7 Å². The minimum atomic E-state index is -0.534. The Bertz CT molecular complexity index is 382. The van der Waals surface area contributed by atoms with Crippen LogP contribution in [0.2, 0.25) is 0 Å². The van der Waals surface area contributed by atoms with Crippen LogP contribution in [0.25, 0.3) is 0 Å². The molecule has 0 bridgehead atoms. The van der Waals surface area contributed by atoms with Gasteiger partial charge < -0.3 is 0 Å². The summed E-state index contributed by atoms with van der Waals surface area (Å²) in [5.41, 5.74) is 0.199. The summed E-state index contributed by atoms with van der Waals surface area (Å²) in [6, 6.07) is 1.44. The van der Waals surface area contributed by atoms with E-state index < -0.39 is 5.82 Å². The summed E-state index contributed by atoms with van der Waals surface area (Å²) in [5, 5.41) is 0. The molecule has 16 heavy (non-hydrogen) atoms. The van der Waals surface area contributed by atoms with E-state index in [1.807, 2.05) is 6.92 Å². The summed E-state index contributed by atoms with van der Waals surface area (Å²) < 4.78 is 13.3. The van der Waals surface area contributed by atoms with Gasteiger partial charge in [0.15, 0.2) is 11.6 Å². The molecule has 0 saturated heterocycles. The Morgan fingerprint density at radius 1 is 1.50 bits per heavy atom. The Hall–Kier alpha value is -1.25. The second kappa shape index (κ2) is 4.73. The molecule has 1 aromatic rings. The van der Waals surface area contributed by atoms with Crippen LogP contribution in [0, 0.1) is 17.2 Å². The molecule has 0 spiro atoms. The highest BCUT2D eigenvalue weighted by Crippen LogP contribution is 2.29. The van der Waals surface area contributed by atoms with Crippen molar-refractivity contribution in [2.24, 2.45) is 11.3 Å². The molecule has 1 atom stereocenters. The number of halogens is 1. The number of hydrogen-bond donors (Lipinski definition) is 0. The van der Waals surface area contributed by atoms with Crippen molar-refractivity contribution < 1.29 is 9.18 Å². The monoisotopic (exact) mass is 223 g/mol. The van der Waals surface area contributed by atoms with Crippen LogP contribution < -0.4 is 0 Å². The molecule has 0 amide bonds. The molecule has 0 N–H and O–H groups in total. The fourth-order valence-corrected chi connectivity index (χ4v) is 1.30. The highest BCUT2D eigenvalue weighted by molar-refractivity contribution is 5.96. The zero-order valence-electron chi connectivity index (χ0n) is 10.2. The van der Waals surface area contributed by atoms with Gasteiger partial charge in [0.2, 0.25) is 0 Å². The first-order valence-corrected chi connectivity index (χ1v) is 5.45. The first-order valence-electron chi connectivity index (χ1n) is 5.45. The van der Waals surface area contributed by atoms with Crippen molar-refractivity contribution in [2.75, 3.05) is 0 Å². The number of nitrogens with zero attached hydrogens (tertiary/aromatic N) is 1. The maximum absolute atomic E-state index is 13.3. The molecule has 3 heteroatoms. The topological polar surface area (TPSA) is 30.0 Å². The predicted molar refractivity (Wildman–Crippen MR) is 61.8 cm³/mol. The number of pyridine rings is 1. The van der Waals surface area contributed by atoms with Crippen molar-refractivity contribution in [2.45, 2.75) is 34.1 Å². The number of aromatic nitrogens is 1. The lowest BCUT2D eigenvalue weighted by Crippen LogP contribution is -2.21. The van der Waals surface area contributed by atoms with Crippen molar-refractivity contribution in [3.8, 4) is 0 Å². The van der Waals surface area contributed by atoms with E-state index in [9.17, 15) is 9.18 Å². The van der Waals surface area contributed by atoms with E-state index in [0.717, 1.165) is 6.20 Å². The number of ketones is 1. The van der Waals surface area contributed by atoms with Crippen LogP contribution in [0.15, 0.2) is 18.5 Å². The van der Waals surface area contributed by atoms with E-state index >= 15 is 0 Å². The van der Waals surface area contributed by atoms with Crippen molar-refractivity contribution in [1.82, 2.24) is 4.98 Å². The predicted octanol–water partition coefficient (Wildman–Crippen LogP) is 3.48. The molecule has 1 aromatic heterocycles. The third-order valence-electron chi connectivity index (χ3n) is 3.04. The van der Waals surface area contributed by atoms with Crippen LogP contribution in [-0.4, -0.2) is 10.8 Å². The molecule has 0 saturated carbocycles. The smallest absolute Gasteiger partial charge is 0.166 e. The molecular formula is C13H18FNO. The average Bonchev–Trinajstić information content (AvgIpc) is 2.16. The quantitative estimate of drug-likeness (QED) is 0.734. The van der Waals surface area contributed by atoms with Gasteiger partial charge in [0.25, 0.3) is 0 Å². The number of carbonyl (C=O) groups is 1. The van der Waals surface area contributed by atoms with Crippen molar-refractivity contribution in [3.05, 3.63) is 29.8 Å². The van der Waals surface area contributed by atoms with Crippen molar-refractivity contribution in [1.29, 1.82) is 0 Å². The number of rotatable bonds is 3. The van der Waals surface area contributed by atoms with Crippen molar-refractivity contribution in [3.63, 3.8) is 0 Å². The second-order valence-electron chi connectivity index (χ2n) is 5.25. The molecule has 1 heterocycles. The number of Topliss-reactive ketones (excluding diaryl/α,β-unsaturated/α-hetero) is 1. The Kier molecular flexibility index (Phi) is 3.79. The fourth-order valence-electron chi connectivity index (χ4n) is 1.30. The maximum atomic E-state index is 13.3. The second-order valence-corrected chi connectivity index (χ2v) is 5.25. The molecule has 0 fully saturated rings. The van der Waals surface area contributed by atoms with Gasteiger partial charge in [-0.25, -0.2) is 4.39 Å². The van der Waals surface area contributed by atoms with Crippen LogP contribution in [0.3, 0.4) is 0 Å². The average molecular weight is 223 g/mol. The van der Waals surface area contributed by atoms with E-state index in [-0.39, 0.29) is 22.7 Å². The van der Waals surface area contributed by atoms with E-state index in [0.29, 0.717) is 6.42 Å². The molecule has 1 unspecified atom stereocenters. The van der Waals surface area contributed by atoms with Crippen LogP contribution in [0.1, 0.15) is 44.5 Å². The van der Waals surface area contributed by atoms with Gasteiger partial charge in [0.05, 0.1) is 11.8 Å². The molecule has 0 aliphatic heterocycles. The fraction of sp³-hybridized carbons (Fsp3) is 0.538. The van der Waals surface area contributed by atoms with E-state index in [1.54, 1.807) is 0 Å². The first-order chi connectivity index (χ1) is 7.32. The standard InChI is InChI=1S/C13H18FNO/c1-9(13(2,3)4)7-12(16)10-5-6-15-8-11(10)14/h5-6,8-9H,7H2,1-4H3. The van der Waals surface area contributed by atoms with Crippen molar-refractivity contribution >= 4 is 5.78 Å². The lowest BCUT2D eigenvalue weighted by atomic mass is 9.78. The largest absolute Gasteiger partial charge is 0.294 e. The van der Waals surface area contributed by atoms with Gasteiger partial charge >= 0.3 is 0 Å². The lowest BCUT2D eigenvalue weighted by molar-refractivity contribution is 0.0923. The van der Waals surface area contributed by atoms with Crippen LogP contribution in [0.4, 0.5) is 4.39 Å². The Balaban J connectivity index is 2.78. The molecule has 2 nitrogen and oxygen atoms in total. The highest BCUT2D eigenvalue weighted by Gasteiger charge is 2.24. The highest BCUT2D eigenvalue weighted by atomic mass is 19.1. The van der Waals surface area contributed by atoms with E-state index in [4.69, 9.17) is 0 Å². The summed E-state index contributed by atoms with van der Waals surface area (Å²) in [7, 11) is 0. The summed E-state index contributed by atoms with van der Waals surface area (Å²) in [4.78, 5) is 15.5. The first kappa shape index (κ1) is 12.8. The van der Waals surface area contributed by atoms with Gasteiger partial charge in [-0.2, -0.15) is 0 Å². The van der Waals surface area contributed by atoms with Gasteiger partial charge in [-0.15, -0.1) is 0 Å². The minimum absolute atomic E-state index is 0.0547. The van der Waals surface area contributed by atoms with E-state index in [1.165, 1.54) is 12.3 Å². The summed E-state index contributed by atoms with van der Waals surface area (Å²) >= 11 is 0. The third kappa shape index (κ3) is 3.12. The zero-order chi connectivity index (χ0) is 12.3. The molecule has 88 valence electrons. The minimum Gasteiger partial charge on any atom is -0.294 e. The molecular weight excluding hydrogens is 205 g/mol.